The summed E-state index contributed by atoms with van der Waals surface area (Å²) in [4.78, 5) is 0. The van der Waals surface area contributed by atoms with Gasteiger partial charge in [0.25, 0.3) is 0 Å². The number of rotatable bonds is 0. The van der Waals surface area contributed by atoms with E-state index in [1.807, 2.05) is 48.5 Å². The van der Waals surface area contributed by atoms with Crippen LogP contribution in [0, 0.1) is 45.3 Å². The van der Waals surface area contributed by atoms with Crippen molar-refractivity contribution in [1.29, 1.82) is 21.0 Å². The highest BCUT2D eigenvalue weighted by Crippen LogP contribution is 2.67. The van der Waals surface area contributed by atoms with E-state index in [1.165, 1.54) is 33.4 Å². The number of benzene rings is 8. The van der Waals surface area contributed by atoms with E-state index in [0.29, 0.717) is 22.3 Å². The third-order valence-electron chi connectivity index (χ3n) is 13.6. The molecule has 2 aliphatic carbocycles. The molecule has 0 N–H and O–H groups in total. The largest absolute Gasteiger partial charge is 0.308 e. The van der Waals surface area contributed by atoms with Crippen molar-refractivity contribution in [2.45, 2.75) is 5.41 Å². The van der Waals surface area contributed by atoms with Gasteiger partial charge in [0.15, 0.2) is 0 Å². The molecule has 0 fully saturated rings. The van der Waals surface area contributed by atoms with Crippen LogP contribution in [0.3, 0.4) is 0 Å². The molecule has 6 heteroatoms. The van der Waals surface area contributed by atoms with E-state index in [-0.39, 0.29) is 0 Å². The van der Waals surface area contributed by atoms with Gasteiger partial charge < -0.3 is 8.80 Å². The Hall–Kier alpha value is -8.68. The van der Waals surface area contributed by atoms with Crippen molar-refractivity contribution in [3.63, 3.8) is 0 Å². The molecular weight excluding hydrogens is 721 g/mol. The Morgan fingerprint density at radius 3 is 1.10 bits per heavy atom. The molecule has 0 saturated carbocycles. The Morgan fingerprint density at radius 1 is 0.356 bits per heavy atom. The number of aromatic nitrogens is 2. The van der Waals surface area contributed by atoms with Gasteiger partial charge in [0.1, 0.15) is 0 Å². The van der Waals surface area contributed by atoms with Crippen LogP contribution in [-0.4, -0.2) is 8.80 Å². The van der Waals surface area contributed by atoms with Crippen molar-refractivity contribution in [3.8, 4) is 46.5 Å². The topological polar surface area (TPSA) is 104 Å². The first-order valence-corrected chi connectivity index (χ1v) is 19.5. The molecule has 0 saturated heterocycles. The van der Waals surface area contributed by atoms with Crippen molar-refractivity contribution < 1.29 is 0 Å². The summed E-state index contributed by atoms with van der Waals surface area (Å²) in [6, 6.07) is 55.9. The van der Waals surface area contributed by atoms with Gasteiger partial charge in [0, 0.05) is 43.1 Å². The van der Waals surface area contributed by atoms with Gasteiger partial charge in [-0.2, -0.15) is 21.0 Å². The molecule has 0 atom stereocenters. The SMILES string of the molecule is N#Cc1ccc2c3cc4c(c5c6ccc(C#N)cc6n(c2c1)c35)-c1c(cc2c3ccc(C#N)cc3n3c5cc(C#N)ccc5c1c23)C41c2ccccc2-c2ccccc21. The molecule has 0 aliphatic heterocycles. The maximum Gasteiger partial charge on any atom is 0.0992 e. The summed E-state index contributed by atoms with van der Waals surface area (Å²) >= 11 is 0. The minimum atomic E-state index is -0.708. The van der Waals surface area contributed by atoms with Gasteiger partial charge in [-0.25, -0.2) is 0 Å². The normalized spacial score (nSPS) is 13.5. The van der Waals surface area contributed by atoms with Crippen LogP contribution >= 0.6 is 0 Å². The number of fused-ring (bicyclic) bond motifs is 24. The number of nitrogens with zero attached hydrogens (tertiary/aromatic N) is 6. The Bertz CT molecular complexity index is 3910. The van der Waals surface area contributed by atoms with Crippen molar-refractivity contribution in [2.75, 3.05) is 0 Å². The maximum atomic E-state index is 10.2. The van der Waals surface area contributed by atoms with E-state index in [4.69, 9.17) is 0 Å². The standard InChI is InChI=1S/C53H22N6/c54-23-27-9-13-33-37-21-41-49(47-35-15-11-29(25-56)19-45(35)58(51(37)47)43(33)17-27)50-42(53(41)39-7-3-1-5-31(39)32-6-2-4-8-40(32)53)22-38-34-14-10-28(24-55)18-44(34)59-46-20-30(26-57)12-16-36(46)48(50)52(38)59/h1-22H. The lowest BCUT2D eigenvalue weighted by Gasteiger charge is -2.30. The van der Waals surface area contributed by atoms with E-state index >= 15 is 0 Å². The average molecular weight is 743 g/mol. The Morgan fingerprint density at radius 2 is 0.712 bits per heavy atom. The minimum Gasteiger partial charge on any atom is -0.308 e. The molecule has 59 heavy (non-hydrogen) atoms. The molecule has 0 bridgehead atoms. The van der Waals surface area contributed by atoms with Crippen LogP contribution in [0.4, 0.5) is 0 Å². The molecule has 0 radical (unpaired) electrons. The van der Waals surface area contributed by atoms with Gasteiger partial charge in [-0.05, 0) is 105 Å². The first-order valence-electron chi connectivity index (χ1n) is 19.5. The monoisotopic (exact) mass is 742 g/mol. The molecule has 12 aromatic rings. The Balaban J connectivity index is 1.32. The van der Waals surface area contributed by atoms with Crippen molar-refractivity contribution in [3.05, 3.63) is 178 Å². The summed E-state index contributed by atoms with van der Waals surface area (Å²) in [7, 11) is 0. The zero-order chi connectivity index (χ0) is 39.1. The van der Waals surface area contributed by atoms with Gasteiger partial charge in [-0.1, -0.05) is 72.8 Å². The highest BCUT2D eigenvalue weighted by atomic mass is 14.9. The predicted molar refractivity (Wildman–Crippen MR) is 231 cm³/mol. The molecule has 4 aromatic heterocycles. The lowest BCUT2D eigenvalue weighted by molar-refractivity contribution is 0.797. The Labute approximate surface area is 334 Å². The van der Waals surface area contributed by atoms with E-state index in [1.54, 1.807) is 0 Å². The number of nitriles is 4. The quantitative estimate of drug-likeness (QED) is 0.154. The van der Waals surface area contributed by atoms with Crippen LogP contribution < -0.4 is 0 Å². The maximum absolute atomic E-state index is 10.2. The molecule has 0 unspecified atom stereocenters. The van der Waals surface area contributed by atoms with E-state index in [0.717, 1.165) is 87.3 Å². The molecule has 0 amide bonds. The third-order valence-corrected chi connectivity index (χ3v) is 13.6. The third kappa shape index (κ3) is 3.22. The molecule has 6 nitrogen and oxygen atoms in total. The zero-order valence-corrected chi connectivity index (χ0v) is 30.9. The summed E-state index contributed by atoms with van der Waals surface area (Å²) < 4.78 is 4.54. The van der Waals surface area contributed by atoms with E-state index < -0.39 is 5.41 Å². The molecule has 1 spiro atoms. The van der Waals surface area contributed by atoms with Gasteiger partial charge in [0.2, 0.25) is 0 Å². The lowest BCUT2D eigenvalue weighted by Crippen LogP contribution is -2.25. The molecule has 4 heterocycles. The second-order valence-corrected chi connectivity index (χ2v) is 16.0. The molecular formula is C53H22N6. The van der Waals surface area contributed by atoms with Crippen molar-refractivity contribution in [2.24, 2.45) is 0 Å². The van der Waals surface area contributed by atoms with Gasteiger partial charge in [-0.3, -0.25) is 0 Å². The lowest BCUT2D eigenvalue weighted by atomic mass is 9.70. The summed E-state index contributed by atoms with van der Waals surface area (Å²) in [6.45, 7) is 0. The first kappa shape index (κ1) is 30.5. The average Bonchev–Trinajstić information content (AvgIpc) is 4.11. The predicted octanol–water partition coefficient (Wildman–Crippen LogP) is 11.8. The van der Waals surface area contributed by atoms with Crippen LogP contribution in [-0.2, 0) is 5.41 Å². The second-order valence-electron chi connectivity index (χ2n) is 16.0. The summed E-state index contributed by atoms with van der Waals surface area (Å²) in [5.74, 6) is 0. The van der Waals surface area contributed by atoms with Crippen molar-refractivity contribution >= 4 is 76.2 Å². The summed E-state index contributed by atoms with van der Waals surface area (Å²) in [6.07, 6.45) is 0. The van der Waals surface area contributed by atoms with Crippen LogP contribution in [0.5, 0.6) is 0 Å². The van der Waals surface area contributed by atoms with Gasteiger partial charge >= 0.3 is 0 Å². The van der Waals surface area contributed by atoms with Crippen LogP contribution in [0.15, 0.2) is 133 Å². The summed E-state index contributed by atoms with van der Waals surface area (Å²) in [5, 5.41) is 49.2. The highest BCUT2D eigenvalue weighted by Gasteiger charge is 2.54. The fourth-order valence-corrected chi connectivity index (χ4v) is 11.6. The van der Waals surface area contributed by atoms with Crippen LogP contribution in [0.2, 0.25) is 0 Å². The van der Waals surface area contributed by atoms with Crippen LogP contribution in [0.25, 0.3) is 98.4 Å². The highest BCUT2D eigenvalue weighted by molar-refractivity contribution is 6.34. The number of hydrogen-bond acceptors (Lipinski definition) is 4. The minimum absolute atomic E-state index is 0.568. The van der Waals surface area contributed by atoms with E-state index in [2.05, 4.69) is 118 Å². The zero-order valence-electron chi connectivity index (χ0n) is 30.9. The molecule has 2 aliphatic rings. The second kappa shape index (κ2) is 10.00. The molecule has 8 aromatic carbocycles. The van der Waals surface area contributed by atoms with E-state index in [9.17, 15) is 21.0 Å². The smallest absolute Gasteiger partial charge is 0.0992 e. The fraction of sp³-hybridized carbons (Fsp3) is 0.0189. The number of hydrogen-bond donors (Lipinski definition) is 0. The molecule has 14 rings (SSSR count). The van der Waals surface area contributed by atoms with Crippen LogP contribution in [0.1, 0.15) is 44.5 Å². The fourth-order valence-electron chi connectivity index (χ4n) is 11.6. The van der Waals surface area contributed by atoms with Gasteiger partial charge in [-0.15, -0.1) is 0 Å². The summed E-state index contributed by atoms with van der Waals surface area (Å²) in [5.41, 5.74) is 17.0. The first-order chi connectivity index (χ1) is 29.1. The Kier molecular flexibility index (Phi) is 5.17. The van der Waals surface area contributed by atoms with Gasteiger partial charge in [0.05, 0.1) is 85.0 Å². The van der Waals surface area contributed by atoms with Crippen molar-refractivity contribution in [1.82, 2.24) is 8.80 Å². The molecule has 264 valence electrons.